The highest BCUT2D eigenvalue weighted by molar-refractivity contribution is 5.80. The van der Waals surface area contributed by atoms with Crippen molar-refractivity contribution in [2.45, 2.75) is 18.8 Å². The molecular weight excluding hydrogens is 264 g/mol. The lowest BCUT2D eigenvalue weighted by Gasteiger charge is -2.15. The van der Waals surface area contributed by atoms with Crippen LogP contribution in [-0.2, 0) is 5.41 Å². The predicted molar refractivity (Wildman–Crippen MR) is 79.9 cm³/mol. The van der Waals surface area contributed by atoms with Crippen molar-refractivity contribution in [3.63, 3.8) is 0 Å². The van der Waals surface area contributed by atoms with Crippen LogP contribution in [0.4, 0.5) is 0 Å². The van der Waals surface area contributed by atoms with Crippen LogP contribution in [0.5, 0.6) is 0 Å². The van der Waals surface area contributed by atoms with Crippen LogP contribution in [0.15, 0.2) is 40.9 Å². The Morgan fingerprint density at radius 3 is 2.90 bits per heavy atom. The lowest BCUT2D eigenvalue weighted by Crippen LogP contribution is -2.25. The number of nitrogens with one attached hydrogen (secondary N) is 1. The van der Waals surface area contributed by atoms with Crippen LogP contribution in [0.3, 0.4) is 0 Å². The maximum atomic E-state index is 5.48. The van der Waals surface area contributed by atoms with Crippen molar-refractivity contribution in [1.29, 1.82) is 0 Å². The molecule has 4 rings (SSSR count). The molecule has 1 aromatic carbocycles. The molecule has 0 aliphatic carbocycles. The standard InChI is InChI=1S/C16H16N4O/c1-16(8-9-17-10-16)15-19-14(20-21-15)13-7-6-11-4-2-3-5-12(11)18-13/h2-7,17H,8-10H2,1H3. The zero-order chi connectivity index (χ0) is 14.3. The number of aromatic nitrogens is 3. The number of fused-ring (bicyclic) bond motifs is 1. The summed E-state index contributed by atoms with van der Waals surface area (Å²) < 4.78 is 5.48. The number of nitrogens with zero attached hydrogens (tertiary/aromatic N) is 3. The van der Waals surface area contributed by atoms with Gasteiger partial charge in [0.25, 0.3) is 0 Å². The minimum absolute atomic E-state index is 0.0674. The maximum Gasteiger partial charge on any atom is 0.234 e. The average Bonchev–Trinajstić information content (AvgIpc) is 3.17. The molecular formula is C16H16N4O. The second kappa shape index (κ2) is 4.63. The summed E-state index contributed by atoms with van der Waals surface area (Å²) in [4.78, 5) is 9.17. The summed E-state index contributed by atoms with van der Waals surface area (Å²) in [5.41, 5.74) is 1.62. The van der Waals surface area contributed by atoms with Crippen molar-refractivity contribution in [2.24, 2.45) is 0 Å². The topological polar surface area (TPSA) is 63.8 Å². The molecule has 21 heavy (non-hydrogen) atoms. The zero-order valence-electron chi connectivity index (χ0n) is 11.8. The molecule has 5 heteroatoms. The molecule has 5 nitrogen and oxygen atoms in total. The van der Waals surface area contributed by atoms with Gasteiger partial charge in [0, 0.05) is 11.9 Å². The Kier molecular flexibility index (Phi) is 2.75. The molecule has 0 radical (unpaired) electrons. The molecule has 1 fully saturated rings. The Balaban J connectivity index is 1.73. The Hall–Kier alpha value is -2.27. The summed E-state index contributed by atoms with van der Waals surface area (Å²) in [5.74, 6) is 1.25. The molecule has 106 valence electrons. The van der Waals surface area contributed by atoms with E-state index < -0.39 is 0 Å². The highest BCUT2D eigenvalue weighted by Crippen LogP contribution is 2.30. The van der Waals surface area contributed by atoms with Gasteiger partial charge in [-0.25, -0.2) is 4.98 Å². The molecule has 3 aromatic rings. The van der Waals surface area contributed by atoms with E-state index in [0.29, 0.717) is 11.7 Å². The lowest BCUT2D eigenvalue weighted by atomic mass is 9.90. The van der Waals surface area contributed by atoms with E-state index in [1.165, 1.54) is 0 Å². The van der Waals surface area contributed by atoms with E-state index in [1.54, 1.807) is 0 Å². The molecule has 2 aromatic heterocycles. The number of benzene rings is 1. The molecule has 0 spiro atoms. The van der Waals surface area contributed by atoms with Crippen LogP contribution in [0.2, 0.25) is 0 Å². The van der Waals surface area contributed by atoms with Crippen LogP contribution in [0.25, 0.3) is 22.4 Å². The van der Waals surface area contributed by atoms with Crippen molar-refractivity contribution < 1.29 is 4.52 Å². The number of hydrogen-bond acceptors (Lipinski definition) is 5. The number of rotatable bonds is 2. The van der Waals surface area contributed by atoms with Gasteiger partial charge in [-0.15, -0.1) is 0 Å². The monoisotopic (exact) mass is 280 g/mol. The largest absolute Gasteiger partial charge is 0.338 e. The molecule has 0 amide bonds. The summed E-state index contributed by atoms with van der Waals surface area (Å²) in [7, 11) is 0. The number of hydrogen-bond donors (Lipinski definition) is 1. The van der Waals surface area contributed by atoms with Crippen molar-refractivity contribution in [3.05, 3.63) is 42.3 Å². The Bertz CT molecular complexity index is 790. The highest BCUT2D eigenvalue weighted by Gasteiger charge is 2.36. The molecule has 1 saturated heterocycles. The average molecular weight is 280 g/mol. The van der Waals surface area contributed by atoms with E-state index >= 15 is 0 Å². The summed E-state index contributed by atoms with van der Waals surface area (Å²) in [5, 5.41) is 8.56. The molecule has 1 atom stereocenters. The summed E-state index contributed by atoms with van der Waals surface area (Å²) >= 11 is 0. The lowest BCUT2D eigenvalue weighted by molar-refractivity contribution is 0.306. The fourth-order valence-electron chi connectivity index (χ4n) is 2.76. The van der Waals surface area contributed by atoms with Gasteiger partial charge in [-0.05, 0) is 32.0 Å². The van der Waals surface area contributed by atoms with Gasteiger partial charge in [0.05, 0.1) is 10.9 Å². The van der Waals surface area contributed by atoms with E-state index in [4.69, 9.17) is 4.52 Å². The van der Waals surface area contributed by atoms with E-state index in [-0.39, 0.29) is 5.41 Å². The summed E-state index contributed by atoms with van der Waals surface area (Å²) in [6.07, 6.45) is 1.01. The number of para-hydroxylation sites is 1. The normalized spacial score (nSPS) is 22.0. The Morgan fingerprint density at radius 1 is 1.14 bits per heavy atom. The molecule has 0 bridgehead atoms. The predicted octanol–water partition coefficient (Wildman–Crippen LogP) is 2.54. The summed E-state index contributed by atoms with van der Waals surface area (Å²) in [6.45, 7) is 4.01. The van der Waals surface area contributed by atoms with Crippen LogP contribution in [0, 0.1) is 0 Å². The van der Waals surface area contributed by atoms with Gasteiger partial charge < -0.3 is 9.84 Å². The molecule has 1 unspecified atom stereocenters. The van der Waals surface area contributed by atoms with Crippen molar-refractivity contribution in [2.75, 3.05) is 13.1 Å². The van der Waals surface area contributed by atoms with Gasteiger partial charge in [-0.1, -0.05) is 29.4 Å². The molecule has 1 aliphatic rings. The first-order valence-corrected chi connectivity index (χ1v) is 7.16. The Labute approximate surface area is 122 Å². The number of pyridine rings is 1. The van der Waals surface area contributed by atoms with Crippen molar-refractivity contribution in [1.82, 2.24) is 20.4 Å². The van der Waals surface area contributed by atoms with Gasteiger partial charge in [0.1, 0.15) is 5.69 Å². The van der Waals surface area contributed by atoms with E-state index in [1.807, 2.05) is 36.4 Å². The second-order valence-corrected chi connectivity index (χ2v) is 5.80. The van der Waals surface area contributed by atoms with E-state index in [9.17, 15) is 0 Å². The highest BCUT2D eigenvalue weighted by atomic mass is 16.5. The van der Waals surface area contributed by atoms with Crippen LogP contribution >= 0.6 is 0 Å². The second-order valence-electron chi connectivity index (χ2n) is 5.80. The maximum absolute atomic E-state index is 5.48. The third kappa shape index (κ3) is 2.10. The third-order valence-corrected chi connectivity index (χ3v) is 4.14. The van der Waals surface area contributed by atoms with Gasteiger partial charge in [0.15, 0.2) is 0 Å². The minimum atomic E-state index is -0.0674. The first-order valence-electron chi connectivity index (χ1n) is 7.16. The fourth-order valence-corrected chi connectivity index (χ4v) is 2.76. The SMILES string of the molecule is CC1(c2nc(-c3ccc4ccccc4n3)no2)CCNC1. The van der Waals surface area contributed by atoms with E-state index in [2.05, 4.69) is 27.4 Å². The molecule has 0 saturated carbocycles. The van der Waals surface area contributed by atoms with Crippen LogP contribution < -0.4 is 5.32 Å². The van der Waals surface area contributed by atoms with Crippen LogP contribution in [-0.4, -0.2) is 28.2 Å². The quantitative estimate of drug-likeness (QED) is 0.781. The summed E-state index contributed by atoms with van der Waals surface area (Å²) in [6, 6.07) is 12.0. The fraction of sp³-hybridized carbons (Fsp3) is 0.312. The zero-order valence-corrected chi connectivity index (χ0v) is 11.8. The van der Waals surface area contributed by atoms with Crippen LogP contribution in [0.1, 0.15) is 19.2 Å². The molecule has 1 N–H and O–H groups in total. The first-order chi connectivity index (χ1) is 10.2. The molecule has 1 aliphatic heterocycles. The van der Waals surface area contributed by atoms with Gasteiger partial charge in [-0.2, -0.15) is 4.98 Å². The van der Waals surface area contributed by atoms with E-state index in [0.717, 1.165) is 36.1 Å². The van der Waals surface area contributed by atoms with Gasteiger partial charge in [-0.3, -0.25) is 0 Å². The minimum Gasteiger partial charge on any atom is -0.338 e. The first kappa shape index (κ1) is 12.5. The Morgan fingerprint density at radius 2 is 2.05 bits per heavy atom. The van der Waals surface area contributed by atoms with Gasteiger partial charge >= 0.3 is 0 Å². The third-order valence-electron chi connectivity index (χ3n) is 4.14. The van der Waals surface area contributed by atoms with Crippen molar-refractivity contribution >= 4 is 10.9 Å². The smallest absolute Gasteiger partial charge is 0.234 e. The molecule has 3 heterocycles. The van der Waals surface area contributed by atoms with Crippen molar-refractivity contribution in [3.8, 4) is 11.5 Å². The van der Waals surface area contributed by atoms with Gasteiger partial charge in [0.2, 0.25) is 11.7 Å².